The molecule has 90 valence electrons. The van der Waals surface area contributed by atoms with E-state index in [2.05, 4.69) is 15.3 Å². The highest BCUT2D eigenvalue weighted by atomic mass is 19.1. The molecule has 1 aliphatic carbocycles. The number of rotatable bonds is 2. The van der Waals surface area contributed by atoms with Crippen LogP contribution in [0.4, 0.5) is 10.2 Å². The Kier molecular flexibility index (Phi) is 2.42. The van der Waals surface area contributed by atoms with Crippen molar-refractivity contribution in [1.29, 1.82) is 0 Å². The van der Waals surface area contributed by atoms with Crippen LogP contribution in [0, 0.1) is 0 Å². The SMILES string of the molecule is CN(c1ccc2nncn2n1)C1CCCC1F. The van der Waals surface area contributed by atoms with Gasteiger partial charge in [-0.05, 0) is 31.4 Å². The minimum absolute atomic E-state index is 0.0589. The highest BCUT2D eigenvalue weighted by Gasteiger charge is 2.31. The summed E-state index contributed by atoms with van der Waals surface area (Å²) in [7, 11) is 1.89. The first-order chi connectivity index (χ1) is 8.25. The topological polar surface area (TPSA) is 46.3 Å². The molecule has 0 saturated heterocycles. The second kappa shape index (κ2) is 3.94. The summed E-state index contributed by atoms with van der Waals surface area (Å²) in [5.41, 5.74) is 0.699. The van der Waals surface area contributed by atoms with Gasteiger partial charge in [-0.1, -0.05) is 0 Å². The molecule has 0 radical (unpaired) electrons. The molecule has 5 nitrogen and oxygen atoms in total. The van der Waals surface area contributed by atoms with Crippen LogP contribution in [-0.2, 0) is 0 Å². The summed E-state index contributed by atoms with van der Waals surface area (Å²) >= 11 is 0. The van der Waals surface area contributed by atoms with E-state index in [0.717, 1.165) is 18.7 Å². The Bertz CT molecular complexity index is 525. The number of hydrogen-bond donors (Lipinski definition) is 0. The molecule has 3 rings (SSSR count). The van der Waals surface area contributed by atoms with Gasteiger partial charge in [0.15, 0.2) is 5.65 Å². The van der Waals surface area contributed by atoms with Crippen LogP contribution in [0.15, 0.2) is 18.5 Å². The van der Waals surface area contributed by atoms with E-state index in [1.54, 1.807) is 10.8 Å². The third kappa shape index (κ3) is 1.73. The molecule has 0 amide bonds. The highest BCUT2D eigenvalue weighted by molar-refractivity contribution is 5.45. The normalized spacial score (nSPS) is 24.4. The lowest BCUT2D eigenvalue weighted by Gasteiger charge is -2.26. The predicted molar refractivity (Wildman–Crippen MR) is 61.7 cm³/mol. The van der Waals surface area contributed by atoms with E-state index in [-0.39, 0.29) is 6.04 Å². The second-order valence-electron chi connectivity index (χ2n) is 4.45. The number of anilines is 1. The third-order valence-corrected chi connectivity index (χ3v) is 3.40. The Morgan fingerprint density at radius 2 is 2.29 bits per heavy atom. The Hall–Kier alpha value is -1.72. The van der Waals surface area contributed by atoms with E-state index in [0.29, 0.717) is 12.1 Å². The summed E-state index contributed by atoms with van der Waals surface area (Å²) in [4.78, 5) is 1.91. The van der Waals surface area contributed by atoms with Crippen molar-refractivity contribution in [3.8, 4) is 0 Å². The first kappa shape index (κ1) is 10.4. The minimum atomic E-state index is -0.751. The zero-order valence-corrected chi connectivity index (χ0v) is 9.62. The monoisotopic (exact) mass is 235 g/mol. The third-order valence-electron chi connectivity index (χ3n) is 3.40. The molecule has 0 aromatic carbocycles. The zero-order valence-electron chi connectivity index (χ0n) is 9.62. The quantitative estimate of drug-likeness (QED) is 0.790. The fourth-order valence-corrected chi connectivity index (χ4v) is 2.41. The van der Waals surface area contributed by atoms with Crippen molar-refractivity contribution in [3.63, 3.8) is 0 Å². The molecule has 2 aromatic rings. The maximum Gasteiger partial charge on any atom is 0.177 e. The van der Waals surface area contributed by atoms with Crippen molar-refractivity contribution in [2.75, 3.05) is 11.9 Å². The van der Waals surface area contributed by atoms with Crippen LogP contribution in [0.3, 0.4) is 0 Å². The van der Waals surface area contributed by atoms with Gasteiger partial charge < -0.3 is 4.90 Å². The maximum atomic E-state index is 13.7. The first-order valence-electron chi connectivity index (χ1n) is 5.79. The summed E-state index contributed by atoms with van der Waals surface area (Å²) in [6, 6.07) is 3.64. The number of hydrogen-bond acceptors (Lipinski definition) is 4. The average Bonchev–Trinajstić information content (AvgIpc) is 2.95. The average molecular weight is 235 g/mol. The molecular weight excluding hydrogens is 221 g/mol. The first-order valence-corrected chi connectivity index (χ1v) is 5.79. The van der Waals surface area contributed by atoms with Crippen molar-refractivity contribution in [2.24, 2.45) is 0 Å². The van der Waals surface area contributed by atoms with Gasteiger partial charge in [-0.25, -0.2) is 4.39 Å². The minimum Gasteiger partial charge on any atom is -0.352 e. The molecule has 0 spiro atoms. The molecule has 2 atom stereocenters. The lowest BCUT2D eigenvalue weighted by Crippen LogP contribution is -2.36. The fraction of sp³-hybridized carbons (Fsp3) is 0.545. The molecule has 0 N–H and O–H groups in total. The molecule has 17 heavy (non-hydrogen) atoms. The van der Waals surface area contributed by atoms with Crippen LogP contribution in [-0.4, -0.2) is 39.1 Å². The van der Waals surface area contributed by atoms with Crippen molar-refractivity contribution < 1.29 is 4.39 Å². The number of aromatic nitrogens is 4. The van der Waals surface area contributed by atoms with Gasteiger partial charge in [0.2, 0.25) is 0 Å². The van der Waals surface area contributed by atoms with Crippen LogP contribution in [0.25, 0.3) is 5.65 Å². The van der Waals surface area contributed by atoms with Gasteiger partial charge in [-0.15, -0.1) is 15.3 Å². The van der Waals surface area contributed by atoms with Crippen molar-refractivity contribution in [1.82, 2.24) is 19.8 Å². The van der Waals surface area contributed by atoms with Gasteiger partial charge in [-0.2, -0.15) is 4.52 Å². The van der Waals surface area contributed by atoms with Crippen LogP contribution in [0.1, 0.15) is 19.3 Å². The molecule has 2 unspecified atom stereocenters. The van der Waals surface area contributed by atoms with Gasteiger partial charge in [0, 0.05) is 7.05 Å². The molecule has 0 aliphatic heterocycles. The fourth-order valence-electron chi connectivity index (χ4n) is 2.41. The van der Waals surface area contributed by atoms with Crippen molar-refractivity contribution in [2.45, 2.75) is 31.5 Å². The summed E-state index contributed by atoms with van der Waals surface area (Å²) in [5, 5.41) is 12.0. The lowest BCUT2D eigenvalue weighted by molar-refractivity contribution is 0.306. The molecule has 2 heterocycles. The van der Waals surface area contributed by atoms with Crippen LogP contribution in [0.5, 0.6) is 0 Å². The molecule has 1 saturated carbocycles. The van der Waals surface area contributed by atoms with Gasteiger partial charge in [0.05, 0.1) is 6.04 Å². The molecular formula is C11H14FN5. The highest BCUT2D eigenvalue weighted by Crippen LogP contribution is 2.28. The van der Waals surface area contributed by atoms with E-state index >= 15 is 0 Å². The van der Waals surface area contributed by atoms with Crippen LogP contribution < -0.4 is 4.90 Å². The van der Waals surface area contributed by atoms with Crippen molar-refractivity contribution in [3.05, 3.63) is 18.5 Å². The number of nitrogens with zero attached hydrogens (tertiary/aromatic N) is 5. The van der Waals surface area contributed by atoms with Crippen LogP contribution >= 0.6 is 0 Å². The van der Waals surface area contributed by atoms with Gasteiger partial charge in [0.25, 0.3) is 0 Å². The Balaban J connectivity index is 1.91. The summed E-state index contributed by atoms with van der Waals surface area (Å²) in [5.74, 6) is 0.756. The van der Waals surface area contributed by atoms with E-state index in [4.69, 9.17) is 0 Å². The summed E-state index contributed by atoms with van der Waals surface area (Å²) in [6.07, 6.45) is 3.29. The van der Waals surface area contributed by atoms with E-state index < -0.39 is 6.17 Å². The lowest BCUT2D eigenvalue weighted by atomic mass is 10.2. The Morgan fingerprint density at radius 3 is 3.06 bits per heavy atom. The zero-order chi connectivity index (χ0) is 11.8. The van der Waals surface area contributed by atoms with Gasteiger partial charge >= 0.3 is 0 Å². The maximum absolute atomic E-state index is 13.7. The predicted octanol–water partition coefficient (Wildman–Crippen LogP) is 1.45. The van der Waals surface area contributed by atoms with E-state index in [1.807, 2.05) is 24.1 Å². The van der Waals surface area contributed by atoms with Crippen LogP contribution in [0.2, 0.25) is 0 Å². The number of halogens is 1. The smallest absolute Gasteiger partial charge is 0.177 e. The Labute approximate surface area is 98.3 Å². The molecule has 0 bridgehead atoms. The van der Waals surface area contributed by atoms with Crippen molar-refractivity contribution >= 4 is 11.5 Å². The van der Waals surface area contributed by atoms with E-state index in [1.165, 1.54) is 0 Å². The second-order valence-corrected chi connectivity index (χ2v) is 4.45. The van der Waals surface area contributed by atoms with Gasteiger partial charge in [0.1, 0.15) is 18.3 Å². The molecule has 6 heteroatoms. The van der Waals surface area contributed by atoms with Gasteiger partial charge in [-0.3, -0.25) is 0 Å². The standard InChI is InChI=1S/C11H14FN5/c1-16(9-4-2-3-8(9)12)11-6-5-10-14-13-7-17(10)15-11/h5-9H,2-4H2,1H3. The molecule has 1 aliphatic rings. The van der Waals surface area contributed by atoms with E-state index in [9.17, 15) is 4.39 Å². The number of alkyl halides is 1. The molecule has 2 aromatic heterocycles. The summed E-state index contributed by atoms with van der Waals surface area (Å²) < 4.78 is 15.3. The summed E-state index contributed by atoms with van der Waals surface area (Å²) in [6.45, 7) is 0. The largest absolute Gasteiger partial charge is 0.352 e. The Morgan fingerprint density at radius 1 is 1.41 bits per heavy atom. The number of fused-ring (bicyclic) bond motifs is 1. The molecule has 1 fully saturated rings.